The summed E-state index contributed by atoms with van der Waals surface area (Å²) in [6.45, 7) is 5.64. The number of hydrogen-bond donors (Lipinski definition) is 2. The number of carbonyl (C=O) groups is 1. The third kappa shape index (κ3) is 4.38. The molecule has 0 aliphatic heterocycles. The second-order valence-electron chi connectivity index (χ2n) is 5.87. The highest BCUT2D eigenvalue weighted by molar-refractivity contribution is 6.07. The minimum absolute atomic E-state index is 0.0240. The van der Waals surface area contributed by atoms with Crippen molar-refractivity contribution in [2.24, 2.45) is 0 Å². The fourth-order valence-corrected chi connectivity index (χ4v) is 2.25. The molecule has 126 valence electrons. The van der Waals surface area contributed by atoms with Crippen LogP contribution in [0.25, 0.3) is 6.08 Å². The number of ether oxygens (including phenoxy) is 1. The van der Waals surface area contributed by atoms with E-state index in [1.54, 1.807) is 30.3 Å². The Morgan fingerprint density at radius 1 is 1.21 bits per heavy atom. The average Bonchev–Trinajstić information content (AvgIpc) is 2.56. The van der Waals surface area contributed by atoms with Gasteiger partial charge in [-0.15, -0.1) is 0 Å². The quantitative estimate of drug-likeness (QED) is 0.609. The van der Waals surface area contributed by atoms with Gasteiger partial charge in [-0.05, 0) is 68.8 Å². The maximum Gasteiger partial charge on any atom is 0.185 e. The maximum atomic E-state index is 12.3. The van der Waals surface area contributed by atoms with Gasteiger partial charge in [-0.2, -0.15) is 0 Å². The fraction of sp³-hybridized carbons (Fsp3) is 0.250. The van der Waals surface area contributed by atoms with Gasteiger partial charge >= 0.3 is 0 Å². The lowest BCUT2D eigenvalue weighted by atomic mass is 10.1. The lowest BCUT2D eigenvalue weighted by Gasteiger charge is -2.14. The van der Waals surface area contributed by atoms with E-state index in [-0.39, 0.29) is 17.6 Å². The number of allylic oxidation sites excluding steroid dienone is 1. The minimum atomic E-state index is -0.0844. The number of phenols is 1. The van der Waals surface area contributed by atoms with Crippen LogP contribution in [0.2, 0.25) is 0 Å². The molecule has 0 unspecified atom stereocenters. The molecular weight excluding hydrogens is 302 g/mol. The summed E-state index contributed by atoms with van der Waals surface area (Å²) in [5.74, 6) is 0.651. The van der Waals surface area contributed by atoms with Crippen LogP contribution in [0.15, 0.2) is 42.5 Å². The summed E-state index contributed by atoms with van der Waals surface area (Å²) in [7, 11) is 1.83. The Bertz CT molecular complexity index is 746. The highest BCUT2D eigenvalue weighted by Gasteiger charge is 2.09. The number of benzene rings is 2. The number of phenolic OH excluding ortho intramolecular Hbond substituents is 1. The van der Waals surface area contributed by atoms with Gasteiger partial charge in [0.2, 0.25) is 0 Å². The third-order valence-electron chi connectivity index (χ3n) is 3.56. The van der Waals surface area contributed by atoms with E-state index in [1.807, 2.05) is 40.0 Å². The van der Waals surface area contributed by atoms with E-state index in [4.69, 9.17) is 4.74 Å². The fourth-order valence-electron chi connectivity index (χ4n) is 2.25. The summed E-state index contributed by atoms with van der Waals surface area (Å²) in [5.41, 5.74) is 3.07. The van der Waals surface area contributed by atoms with E-state index in [0.29, 0.717) is 11.3 Å². The topological polar surface area (TPSA) is 58.6 Å². The highest BCUT2D eigenvalue weighted by Crippen LogP contribution is 2.29. The summed E-state index contributed by atoms with van der Waals surface area (Å²) in [6, 6.07) is 10.7. The molecule has 2 aromatic rings. The zero-order valence-electron chi connectivity index (χ0n) is 14.5. The molecule has 0 aliphatic rings. The lowest BCUT2D eigenvalue weighted by molar-refractivity contribution is 0.104. The van der Waals surface area contributed by atoms with E-state index in [2.05, 4.69) is 5.32 Å². The Morgan fingerprint density at radius 2 is 1.88 bits per heavy atom. The van der Waals surface area contributed by atoms with Gasteiger partial charge < -0.3 is 15.2 Å². The number of hydrogen-bond acceptors (Lipinski definition) is 4. The predicted octanol–water partition coefficient (Wildman–Crippen LogP) is 4.43. The van der Waals surface area contributed by atoms with Crippen LogP contribution in [-0.4, -0.2) is 24.0 Å². The number of rotatable bonds is 6. The molecule has 0 saturated carbocycles. The smallest absolute Gasteiger partial charge is 0.185 e. The van der Waals surface area contributed by atoms with E-state index >= 15 is 0 Å². The standard InChI is InChI=1S/C20H23NO3/c1-13(2)24-20-12-19(23)14(3)11-16(20)7-10-18(22)15-5-8-17(21-4)9-6-15/h5-13,21,23H,1-4H3. The normalized spacial score (nSPS) is 11.0. The van der Waals surface area contributed by atoms with Crippen molar-refractivity contribution in [2.45, 2.75) is 26.9 Å². The Kier molecular flexibility index (Phi) is 5.64. The number of nitrogens with one attached hydrogen (secondary N) is 1. The molecule has 0 saturated heterocycles. The Labute approximate surface area is 142 Å². The van der Waals surface area contributed by atoms with Crippen molar-refractivity contribution in [1.82, 2.24) is 0 Å². The molecular formula is C20H23NO3. The van der Waals surface area contributed by atoms with Crippen LogP contribution in [-0.2, 0) is 0 Å². The summed E-state index contributed by atoms with van der Waals surface area (Å²) < 4.78 is 5.72. The Hall–Kier alpha value is -2.75. The molecule has 24 heavy (non-hydrogen) atoms. The van der Waals surface area contributed by atoms with Crippen LogP contribution in [0.3, 0.4) is 0 Å². The average molecular weight is 325 g/mol. The number of aryl methyl sites for hydroxylation is 1. The van der Waals surface area contributed by atoms with Crippen molar-refractivity contribution in [2.75, 3.05) is 12.4 Å². The van der Waals surface area contributed by atoms with Gasteiger partial charge in [-0.25, -0.2) is 0 Å². The SMILES string of the molecule is CNc1ccc(C(=O)C=Cc2cc(C)c(O)cc2OC(C)C)cc1. The highest BCUT2D eigenvalue weighted by atomic mass is 16.5. The number of carbonyl (C=O) groups excluding carboxylic acids is 1. The third-order valence-corrected chi connectivity index (χ3v) is 3.56. The molecule has 0 bridgehead atoms. The van der Waals surface area contributed by atoms with Crippen LogP contribution < -0.4 is 10.1 Å². The van der Waals surface area contributed by atoms with Crippen LogP contribution in [0.4, 0.5) is 5.69 Å². The molecule has 0 aromatic heterocycles. The lowest BCUT2D eigenvalue weighted by Crippen LogP contribution is -2.06. The van der Waals surface area contributed by atoms with E-state index < -0.39 is 0 Å². The molecule has 0 atom stereocenters. The zero-order chi connectivity index (χ0) is 17.7. The summed E-state index contributed by atoms with van der Waals surface area (Å²) >= 11 is 0. The maximum absolute atomic E-state index is 12.3. The van der Waals surface area contributed by atoms with Crippen molar-refractivity contribution >= 4 is 17.5 Å². The number of anilines is 1. The number of aromatic hydroxyl groups is 1. The zero-order valence-corrected chi connectivity index (χ0v) is 14.5. The van der Waals surface area contributed by atoms with Gasteiger partial charge in [0, 0.05) is 29.9 Å². The monoisotopic (exact) mass is 325 g/mol. The van der Waals surface area contributed by atoms with Gasteiger partial charge in [0.05, 0.1) is 6.10 Å². The summed E-state index contributed by atoms with van der Waals surface area (Å²) in [4.78, 5) is 12.3. The molecule has 0 aliphatic carbocycles. The molecule has 0 amide bonds. The van der Waals surface area contributed by atoms with E-state index in [0.717, 1.165) is 16.8 Å². The van der Waals surface area contributed by atoms with Gasteiger partial charge in [-0.1, -0.05) is 0 Å². The molecule has 2 N–H and O–H groups in total. The largest absolute Gasteiger partial charge is 0.508 e. The second kappa shape index (κ2) is 7.68. The molecule has 0 heterocycles. The predicted molar refractivity (Wildman–Crippen MR) is 98.0 cm³/mol. The van der Waals surface area contributed by atoms with Crippen LogP contribution >= 0.6 is 0 Å². The van der Waals surface area contributed by atoms with Gasteiger partial charge in [0.25, 0.3) is 0 Å². The minimum Gasteiger partial charge on any atom is -0.508 e. The first-order chi connectivity index (χ1) is 11.4. The molecule has 0 radical (unpaired) electrons. The van der Waals surface area contributed by atoms with Gasteiger partial charge in [0.15, 0.2) is 5.78 Å². The van der Waals surface area contributed by atoms with Crippen LogP contribution in [0, 0.1) is 6.92 Å². The van der Waals surface area contributed by atoms with Crippen molar-refractivity contribution < 1.29 is 14.6 Å². The Morgan fingerprint density at radius 3 is 2.46 bits per heavy atom. The van der Waals surface area contributed by atoms with Crippen LogP contribution in [0.5, 0.6) is 11.5 Å². The van der Waals surface area contributed by atoms with E-state index in [9.17, 15) is 9.90 Å². The molecule has 0 fully saturated rings. The van der Waals surface area contributed by atoms with Crippen molar-refractivity contribution in [3.8, 4) is 11.5 Å². The van der Waals surface area contributed by atoms with Crippen molar-refractivity contribution in [1.29, 1.82) is 0 Å². The first-order valence-corrected chi connectivity index (χ1v) is 7.91. The van der Waals surface area contributed by atoms with Crippen LogP contribution in [0.1, 0.15) is 35.3 Å². The first-order valence-electron chi connectivity index (χ1n) is 7.91. The first kappa shape index (κ1) is 17.6. The molecule has 4 nitrogen and oxygen atoms in total. The number of ketones is 1. The summed E-state index contributed by atoms with van der Waals surface area (Å²) in [5, 5.41) is 12.9. The summed E-state index contributed by atoms with van der Waals surface area (Å²) in [6.07, 6.45) is 3.22. The molecule has 2 rings (SSSR count). The molecule has 2 aromatic carbocycles. The van der Waals surface area contributed by atoms with E-state index in [1.165, 1.54) is 6.08 Å². The van der Waals surface area contributed by atoms with Gasteiger partial charge in [0.1, 0.15) is 11.5 Å². The Balaban J connectivity index is 2.26. The molecule has 4 heteroatoms. The van der Waals surface area contributed by atoms with Gasteiger partial charge in [-0.3, -0.25) is 4.79 Å². The molecule has 0 spiro atoms. The second-order valence-corrected chi connectivity index (χ2v) is 5.87. The van der Waals surface area contributed by atoms with Crippen molar-refractivity contribution in [3.05, 3.63) is 59.2 Å². The van der Waals surface area contributed by atoms with Crippen molar-refractivity contribution in [3.63, 3.8) is 0 Å².